The minimum absolute atomic E-state index is 1.01. The quantitative estimate of drug-likeness (QED) is 0.924. The summed E-state index contributed by atoms with van der Waals surface area (Å²) in [5, 5.41) is 0. The third-order valence-electron chi connectivity index (χ3n) is 5.03. The van der Waals surface area contributed by atoms with E-state index in [1.807, 2.05) is 0 Å². The molecule has 0 atom stereocenters. The summed E-state index contributed by atoms with van der Waals surface area (Å²) in [4.78, 5) is 8.58. The first-order valence-electron chi connectivity index (χ1n) is 8.64. The van der Waals surface area contributed by atoms with Gasteiger partial charge in [0.15, 0.2) is 0 Å². The number of nitrogens with zero attached hydrogens (tertiary/aromatic N) is 2. The number of likely N-dealkylation sites (tertiary alicyclic amines) is 1. The van der Waals surface area contributed by atoms with Gasteiger partial charge in [-0.05, 0) is 69.1 Å². The summed E-state index contributed by atoms with van der Waals surface area (Å²) in [5.74, 6) is 0. The molecule has 4 rings (SSSR count). The van der Waals surface area contributed by atoms with Crippen LogP contribution in [0.3, 0.4) is 0 Å². The molecule has 3 nitrogen and oxygen atoms in total. The lowest BCUT2D eigenvalue weighted by molar-refractivity contribution is 0.341. The van der Waals surface area contributed by atoms with E-state index in [4.69, 9.17) is 0 Å². The van der Waals surface area contributed by atoms with Crippen molar-refractivity contribution in [3.8, 4) is 0 Å². The van der Waals surface area contributed by atoms with Gasteiger partial charge >= 0.3 is 0 Å². The average Bonchev–Trinajstić information content (AvgIpc) is 3.23. The largest absolute Gasteiger partial charge is 0.359 e. The van der Waals surface area contributed by atoms with E-state index in [1.165, 1.54) is 59.7 Å². The number of aromatic amines is 1. The number of aryl methyl sites for hydroxylation is 2. The van der Waals surface area contributed by atoms with Gasteiger partial charge < -0.3 is 9.88 Å². The Bertz CT molecular complexity index is 735. The van der Waals surface area contributed by atoms with Gasteiger partial charge in [-0.2, -0.15) is 0 Å². The van der Waals surface area contributed by atoms with Crippen LogP contribution in [0.4, 0.5) is 5.69 Å². The van der Waals surface area contributed by atoms with Gasteiger partial charge in [-0.1, -0.05) is 18.2 Å². The molecule has 0 amide bonds. The Labute approximate surface area is 138 Å². The Morgan fingerprint density at radius 2 is 1.91 bits per heavy atom. The fraction of sp³-hybridized carbons (Fsp3) is 0.400. The molecule has 0 saturated carbocycles. The fourth-order valence-corrected chi connectivity index (χ4v) is 3.89. The molecule has 1 fully saturated rings. The summed E-state index contributed by atoms with van der Waals surface area (Å²) in [6.07, 6.45) is 5.03. The maximum Gasteiger partial charge on any atom is 0.0711 e. The number of H-pyrrole nitrogens is 1. The van der Waals surface area contributed by atoms with Crippen molar-refractivity contribution in [1.82, 2.24) is 9.88 Å². The van der Waals surface area contributed by atoms with E-state index >= 15 is 0 Å². The zero-order chi connectivity index (χ0) is 15.8. The van der Waals surface area contributed by atoms with E-state index < -0.39 is 0 Å². The predicted octanol–water partition coefficient (Wildman–Crippen LogP) is 4.05. The number of benzene rings is 1. The van der Waals surface area contributed by atoms with Gasteiger partial charge in [0, 0.05) is 29.2 Å². The molecule has 1 aromatic carbocycles. The Morgan fingerprint density at radius 1 is 1.13 bits per heavy atom. The van der Waals surface area contributed by atoms with Gasteiger partial charge in [0.05, 0.1) is 6.67 Å². The third-order valence-corrected chi connectivity index (χ3v) is 5.03. The van der Waals surface area contributed by atoms with E-state index in [0.29, 0.717) is 0 Å². The van der Waals surface area contributed by atoms with Crippen molar-refractivity contribution < 1.29 is 0 Å². The van der Waals surface area contributed by atoms with Crippen LogP contribution in [0.1, 0.15) is 35.4 Å². The van der Waals surface area contributed by atoms with Crippen LogP contribution < -0.4 is 4.90 Å². The second-order valence-corrected chi connectivity index (χ2v) is 6.90. The Hall–Kier alpha value is -2.00. The minimum atomic E-state index is 1.01. The number of rotatable bonds is 3. The second-order valence-electron chi connectivity index (χ2n) is 6.90. The molecular weight excluding hydrogens is 282 g/mol. The Morgan fingerprint density at radius 3 is 2.65 bits per heavy atom. The topological polar surface area (TPSA) is 22.3 Å². The van der Waals surface area contributed by atoms with Gasteiger partial charge in [-0.15, -0.1) is 0 Å². The number of anilines is 1. The lowest BCUT2D eigenvalue weighted by Gasteiger charge is -2.25. The van der Waals surface area contributed by atoms with Gasteiger partial charge in [0.2, 0.25) is 0 Å². The highest BCUT2D eigenvalue weighted by molar-refractivity contribution is 5.93. The molecule has 2 aromatic rings. The van der Waals surface area contributed by atoms with Gasteiger partial charge in [-0.25, -0.2) is 0 Å². The monoisotopic (exact) mass is 307 g/mol. The molecule has 0 bridgehead atoms. The molecule has 2 aliphatic rings. The number of aromatic nitrogens is 1. The van der Waals surface area contributed by atoms with Crippen LogP contribution in [-0.2, 0) is 0 Å². The van der Waals surface area contributed by atoms with Crippen LogP contribution in [0.5, 0.6) is 0 Å². The Kier molecular flexibility index (Phi) is 3.74. The zero-order valence-corrected chi connectivity index (χ0v) is 14.1. The van der Waals surface area contributed by atoms with Crippen LogP contribution in [0.25, 0.3) is 11.6 Å². The molecule has 23 heavy (non-hydrogen) atoms. The first kappa shape index (κ1) is 14.6. The summed E-state index contributed by atoms with van der Waals surface area (Å²) in [5.41, 5.74) is 7.99. The maximum absolute atomic E-state index is 3.48. The van der Waals surface area contributed by atoms with Crippen molar-refractivity contribution in [3.05, 3.63) is 52.8 Å². The smallest absolute Gasteiger partial charge is 0.0711 e. The van der Waals surface area contributed by atoms with Gasteiger partial charge in [-0.3, -0.25) is 4.90 Å². The van der Waals surface area contributed by atoms with Crippen LogP contribution in [0, 0.1) is 13.8 Å². The van der Waals surface area contributed by atoms with Crippen LogP contribution >= 0.6 is 0 Å². The van der Waals surface area contributed by atoms with E-state index in [0.717, 1.165) is 13.2 Å². The molecule has 0 spiro atoms. The van der Waals surface area contributed by atoms with Crippen LogP contribution in [0.15, 0.2) is 30.3 Å². The fourth-order valence-electron chi connectivity index (χ4n) is 3.89. The van der Waals surface area contributed by atoms with Crippen molar-refractivity contribution in [2.75, 3.05) is 31.2 Å². The molecule has 2 aliphatic heterocycles. The predicted molar refractivity (Wildman–Crippen MR) is 97.6 cm³/mol. The first-order valence-corrected chi connectivity index (χ1v) is 8.64. The van der Waals surface area contributed by atoms with Crippen molar-refractivity contribution >= 4 is 17.3 Å². The second kappa shape index (κ2) is 5.89. The summed E-state index contributed by atoms with van der Waals surface area (Å²) in [7, 11) is 0. The van der Waals surface area contributed by atoms with E-state index in [2.05, 4.69) is 65.0 Å². The van der Waals surface area contributed by atoms with Crippen LogP contribution in [-0.4, -0.2) is 36.2 Å². The van der Waals surface area contributed by atoms with Crippen molar-refractivity contribution in [2.45, 2.75) is 26.7 Å². The van der Waals surface area contributed by atoms with E-state index in [-0.39, 0.29) is 0 Å². The molecule has 3 heterocycles. The molecule has 0 radical (unpaired) electrons. The number of fused-ring (bicyclic) bond motifs is 1. The summed E-state index contributed by atoms with van der Waals surface area (Å²) in [6.45, 7) is 8.85. The highest BCUT2D eigenvalue weighted by atomic mass is 15.3. The molecule has 0 unspecified atom stereocenters. The molecule has 1 saturated heterocycles. The highest BCUT2D eigenvalue weighted by Gasteiger charge is 2.25. The van der Waals surface area contributed by atoms with Crippen molar-refractivity contribution in [3.63, 3.8) is 0 Å². The standard InChI is InChI=1S/C20H25N3/c1-15-11-16(2)21-19(15)12-17-13-23(14-22-9-5-6-10-22)20-8-4-3-7-18(17)20/h3-4,7-8,11-12,21H,5-6,9-10,13-14H2,1-2H3/b17-12+. The molecule has 0 aliphatic carbocycles. The van der Waals surface area contributed by atoms with E-state index in [9.17, 15) is 0 Å². The number of hydrogen-bond donors (Lipinski definition) is 1. The maximum atomic E-state index is 3.48. The minimum Gasteiger partial charge on any atom is -0.359 e. The van der Waals surface area contributed by atoms with Gasteiger partial charge in [0.25, 0.3) is 0 Å². The summed E-state index contributed by atoms with van der Waals surface area (Å²) >= 11 is 0. The van der Waals surface area contributed by atoms with Gasteiger partial charge in [0.1, 0.15) is 0 Å². The molecule has 1 N–H and O–H groups in total. The average molecular weight is 307 g/mol. The zero-order valence-electron chi connectivity index (χ0n) is 14.1. The highest BCUT2D eigenvalue weighted by Crippen LogP contribution is 2.37. The lowest BCUT2D eigenvalue weighted by Crippen LogP contribution is -2.35. The summed E-state index contributed by atoms with van der Waals surface area (Å²) in [6, 6.07) is 11.0. The van der Waals surface area contributed by atoms with Crippen LogP contribution in [0.2, 0.25) is 0 Å². The van der Waals surface area contributed by atoms with Crippen molar-refractivity contribution in [2.24, 2.45) is 0 Å². The number of para-hydroxylation sites is 1. The summed E-state index contributed by atoms with van der Waals surface area (Å²) < 4.78 is 0. The first-order chi connectivity index (χ1) is 11.2. The molecular formula is C20H25N3. The lowest BCUT2D eigenvalue weighted by atomic mass is 10.1. The van der Waals surface area contributed by atoms with E-state index in [1.54, 1.807) is 0 Å². The molecule has 3 heteroatoms. The SMILES string of the molecule is Cc1cc(C)c(/C=C2\CN(CN3CCCC3)c3ccccc32)[nH]1. The third kappa shape index (κ3) is 2.81. The molecule has 120 valence electrons. The normalized spacial score (nSPS) is 19.7. The Balaban J connectivity index is 1.65. The molecule has 1 aromatic heterocycles. The number of hydrogen-bond acceptors (Lipinski definition) is 2. The van der Waals surface area contributed by atoms with Crippen molar-refractivity contribution in [1.29, 1.82) is 0 Å². The number of nitrogens with one attached hydrogen (secondary N) is 1.